The number of rotatable bonds is 10. The van der Waals surface area contributed by atoms with Crippen molar-refractivity contribution in [2.24, 2.45) is 0 Å². The first-order valence-corrected chi connectivity index (χ1v) is 19.5. The van der Waals surface area contributed by atoms with Gasteiger partial charge in [0.15, 0.2) is 0 Å². The van der Waals surface area contributed by atoms with Crippen LogP contribution < -0.4 is 21.3 Å². The van der Waals surface area contributed by atoms with E-state index in [9.17, 15) is 14.0 Å². The van der Waals surface area contributed by atoms with E-state index < -0.39 is 5.82 Å². The number of hydrogen-bond acceptors (Lipinski definition) is 6. The number of benzene rings is 4. The number of carbonyl (C=O) groups is 2. The van der Waals surface area contributed by atoms with Gasteiger partial charge in [0.2, 0.25) is 0 Å². The Morgan fingerprint density at radius 2 is 1.04 bits per heavy atom. The molecule has 0 radical (unpaired) electrons. The number of nitrogens with zero attached hydrogens (tertiary/aromatic N) is 2. The number of aryl methyl sites for hydroxylation is 1. The molecule has 9 heteroatoms. The Labute approximate surface area is 318 Å². The van der Waals surface area contributed by atoms with Gasteiger partial charge in [0.1, 0.15) is 5.82 Å². The van der Waals surface area contributed by atoms with Crippen LogP contribution in [0.2, 0.25) is 0 Å². The molecule has 0 aromatic heterocycles. The molecule has 2 saturated heterocycles. The molecule has 4 aliphatic rings. The third kappa shape index (κ3) is 9.27. The molecule has 0 spiro atoms. The quantitative estimate of drug-likeness (QED) is 0.122. The van der Waals surface area contributed by atoms with Crippen molar-refractivity contribution in [1.82, 2.24) is 9.80 Å². The lowest BCUT2D eigenvalue weighted by Gasteiger charge is -2.26. The van der Waals surface area contributed by atoms with Crippen molar-refractivity contribution in [3.8, 4) is 0 Å². The number of piperidine rings is 2. The first-order valence-electron chi connectivity index (χ1n) is 19.5. The normalized spacial score (nSPS) is 18.4. The fourth-order valence-electron chi connectivity index (χ4n) is 7.70. The van der Waals surface area contributed by atoms with Gasteiger partial charge in [0.05, 0.1) is 16.8 Å². The zero-order valence-corrected chi connectivity index (χ0v) is 31.2. The number of hydrogen-bond donors (Lipinski definition) is 4. The molecule has 8 rings (SSSR count). The third-order valence-electron chi connectivity index (χ3n) is 10.8. The summed E-state index contributed by atoms with van der Waals surface area (Å²) in [7, 11) is 0. The summed E-state index contributed by atoms with van der Waals surface area (Å²) in [4.78, 5) is 29.5. The van der Waals surface area contributed by atoms with E-state index in [1.807, 2.05) is 43.5 Å². The lowest BCUT2D eigenvalue weighted by atomic mass is 10.0. The van der Waals surface area contributed by atoms with Crippen LogP contribution >= 0.6 is 0 Å². The average molecular weight is 727 g/mol. The van der Waals surface area contributed by atoms with Gasteiger partial charge in [-0.1, -0.05) is 55.3 Å². The van der Waals surface area contributed by atoms with Crippen LogP contribution in [0.5, 0.6) is 0 Å². The standard InChI is InChI=1S/C23H27N3O.C22H24FN3O/c1-17-6-5-7-21-22(17)20(23(27)25-21)16-24-19-10-8-18(9-11-19)12-15-26-13-3-2-4-14-26;23-19-5-4-6-20-21(19)18(22(27)25-20)15-24-17-9-7-16(8-10-17)11-14-26-12-2-1-3-13-26/h5-11,16,24H,2-4,12-15H2,1H3,(H,25,27);4-10,15,24H,1-3,11-14H2,(H,25,27). The van der Waals surface area contributed by atoms with Crippen LogP contribution in [0.3, 0.4) is 0 Å². The molecule has 4 heterocycles. The number of anilines is 4. The van der Waals surface area contributed by atoms with Gasteiger partial charge in [0.25, 0.3) is 11.8 Å². The molecule has 8 nitrogen and oxygen atoms in total. The van der Waals surface area contributed by atoms with Gasteiger partial charge >= 0.3 is 0 Å². The van der Waals surface area contributed by atoms with Crippen molar-refractivity contribution in [3.63, 3.8) is 0 Å². The highest BCUT2D eigenvalue weighted by molar-refractivity contribution is 6.32. The van der Waals surface area contributed by atoms with Crippen molar-refractivity contribution >= 4 is 45.7 Å². The van der Waals surface area contributed by atoms with Gasteiger partial charge in [0, 0.05) is 53.7 Å². The summed E-state index contributed by atoms with van der Waals surface area (Å²) in [5.41, 5.74) is 9.37. The monoisotopic (exact) mass is 726 g/mol. The Bertz CT molecular complexity index is 1850. The predicted molar refractivity (Wildman–Crippen MR) is 219 cm³/mol. The van der Waals surface area contributed by atoms with Crippen LogP contribution in [0.15, 0.2) is 97.3 Å². The molecule has 0 unspecified atom stereocenters. The highest BCUT2D eigenvalue weighted by atomic mass is 19.1. The maximum Gasteiger partial charge on any atom is 0.257 e. The second-order valence-electron chi connectivity index (χ2n) is 14.7. The Morgan fingerprint density at radius 1 is 0.593 bits per heavy atom. The van der Waals surface area contributed by atoms with Crippen molar-refractivity contribution in [2.45, 2.75) is 58.3 Å². The minimum atomic E-state index is -0.396. The molecule has 0 aliphatic carbocycles. The molecule has 0 atom stereocenters. The topological polar surface area (TPSA) is 88.7 Å². The van der Waals surface area contributed by atoms with Gasteiger partial charge < -0.3 is 31.1 Å². The average Bonchev–Trinajstić information content (AvgIpc) is 3.72. The minimum Gasteiger partial charge on any atom is -0.361 e. The molecule has 54 heavy (non-hydrogen) atoms. The largest absolute Gasteiger partial charge is 0.361 e. The fraction of sp³-hybridized carbons (Fsp3) is 0.333. The summed E-state index contributed by atoms with van der Waals surface area (Å²) >= 11 is 0. The van der Waals surface area contributed by atoms with Gasteiger partial charge in [-0.2, -0.15) is 0 Å². The second kappa shape index (κ2) is 17.7. The Balaban J connectivity index is 0.000000167. The Hall–Kier alpha value is -5.25. The van der Waals surface area contributed by atoms with Gasteiger partial charge in [-0.3, -0.25) is 9.59 Å². The van der Waals surface area contributed by atoms with Gasteiger partial charge in [-0.15, -0.1) is 0 Å². The molecule has 0 saturated carbocycles. The Kier molecular flexibility index (Phi) is 12.2. The summed E-state index contributed by atoms with van der Waals surface area (Å²) in [5, 5.41) is 12.0. The lowest BCUT2D eigenvalue weighted by molar-refractivity contribution is -0.111. The number of carbonyl (C=O) groups excluding carboxylic acids is 2. The number of fused-ring (bicyclic) bond motifs is 2. The summed E-state index contributed by atoms with van der Waals surface area (Å²) in [6.07, 6.45) is 13.6. The SMILES string of the molecule is Cc1cccc2c1C(=CNc1ccc(CCN3CCCCC3)cc1)C(=O)N2.O=C1Nc2cccc(F)c2C1=CNc1ccc(CCN2CCCCC2)cc1. The van der Waals surface area contributed by atoms with E-state index in [1.54, 1.807) is 18.3 Å². The zero-order chi connectivity index (χ0) is 37.3. The van der Waals surface area contributed by atoms with Crippen molar-refractivity contribution in [3.05, 3.63) is 131 Å². The molecule has 4 aliphatic heterocycles. The van der Waals surface area contributed by atoms with Crippen molar-refractivity contribution < 1.29 is 14.0 Å². The number of likely N-dealkylation sites (tertiary alicyclic amines) is 2. The van der Waals surface area contributed by atoms with Gasteiger partial charge in [-0.25, -0.2) is 4.39 Å². The summed E-state index contributed by atoms with van der Waals surface area (Å²) in [5.74, 6) is -0.738. The molecule has 2 fully saturated rings. The highest BCUT2D eigenvalue weighted by Gasteiger charge is 2.27. The van der Waals surface area contributed by atoms with Crippen molar-refractivity contribution in [2.75, 3.05) is 60.5 Å². The maximum absolute atomic E-state index is 14.1. The first kappa shape index (κ1) is 37.1. The fourth-order valence-corrected chi connectivity index (χ4v) is 7.70. The first-order chi connectivity index (χ1) is 26.4. The molecular weight excluding hydrogens is 676 g/mol. The lowest BCUT2D eigenvalue weighted by Crippen LogP contribution is -2.31. The Morgan fingerprint density at radius 3 is 1.54 bits per heavy atom. The molecular formula is C45H51FN6O2. The second-order valence-corrected chi connectivity index (χ2v) is 14.7. The van der Waals surface area contributed by atoms with E-state index in [4.69, 9.17) is 0 Å². The van der Waals surface area contributed by atoms with Gasteiger partial charge in [-0.05, 0) is 131 Å². The summed E-state index contributed by atoms with van der Waals surface area (Å²) in [6.45, 7) is 9.21. The van der Waals surface area contributed by atoms with E-state index >= 15 is 0 Å². The predicted octanol–water partition coefficient (Wildman–Crippen LogP) is 8.69. The molecule has 2 amide bonds. The van der Waals surface area contributed by atoms with Crippen LogP contribution in [0.25, 0.3) is 11.1 Å². The van der Waals surface area contributed by atoms with Crippen LogP contribution in [-0.2, 0) is 22.4 Å². The van der Waals surface area contributed by atoms with Crippen LogP contribution in [-0.4, -0.2) is 60.9 Å². The molecule has 280 valence electrons. The van der Waals surface area contributed by atoms with E-state index in [0.29, 0.717) is 22.4 Å². The van der Waals surface area contributed by atoms with Crippen LogP contribution in [0, 0.1) is 12.7 Å². The summed E-state index contributed by atoms with van der Waals surface area (Å²) < 4.78 is 14.1. The molecule has 4 aromatic rings. The van der Waals surface area contributed by atoms with Crippen LogP contribution in [0.1, 0.15) is 66.3 Å². The molecule has 4 aromatic carbocycles. The van der Waals surface area contributed by atoms with E-state index in [0.717, 1.165) is 54.1 Å². The number of amides is 2. The highest BCUT2D eigenvalue weighted by Crippen LogP contribution is 2.35. The van der Waals surface area contributed by atoms with Crippen molar-refractivity contribution in [1.29, 1.82) is 0 Å². The number of halogens is 1. The minimum absolute atomic E-state index is 0.0510. The van der Waals surface area contributed by atoms with Crippen LogP contribution in [0.4, 0.5) is 27.1 Å². The van der Waals surface area contributed by atoms with E-state index in [2.05, 4.69) is 67.5 Å². The molecule has 0 bridgehead atoms. The van der Waals surface area contributed by atoms with E-state index in [1.165, 1.54) is 81.9 Å². The molecule has 4 N–H and O–H groups in total. The zero-order valence-electron chi connectivity index (χ0n) is 31.2. The van der Waals surface area contributed by atoms with E-state index in [-0.39, 0.29) is 11.8 Å². The summed E-state index contributed by atoms with van der Waals surface area (Å²) in [6, 6.07) is 27.3. The third-order valence-corrected chi connectivity index (χ3v) is 10.8. The maximum atomic E-state index is 14.1. The smallest absolute Gasteiger partial charge is 0.257 e. The number of nitrogens with one attached hydrogen (secondary N) is 4.